The van der Waals surface area contributed by atoms with Gasteiger partial charge in [-0.1, -0.05) is 19.3 Å². The van der Waals surface area contributed by atoms with E-state index in [0.29, 0.717) is 11.8 Å². The summed E-state index contributed by atoms with van der Waals surface area (Å²) in [5.74, 6) is 0.911. The lowest BCUT2D eigenvalue weighted by atomic mass is 9.86. The molecule has 1 unspecified atom stereocenters. The molecule has 5 heteroatoms. The Morgan fingerprint density at radius 3 is 2.72 bits per heavy atom. The Labute approximate surface area is 148 Å². The summed E-state index contributed by atoms with van der Waals surface area (Å²) in [6.45, 7) is 0.866. The smallest absolute Gasteiger partial charge is 0.223 e. The van der Waals surface area contributed by atoms with Gasteiger partial charge in [0.1, 0.15) is 0 Å². The van der Waals surface area contributed by atoms with Crippen LogP contribution >= 0.6 is 0 Å². The van der Waals surface area contributed by atoms with Crippen LogP contribution in [0.1, 0.15) is 63.1 Å². The molecule has 0 spiro atoms. The molecule has 5 nitrogen and oxygen atoms in total. The molecule has 2 fully saturated rings. The average molecular weight is 338 g/mol. The molecule has 0 radical (unpaired) electrons. The van der Waals surface area contributed by atoms with E-state index in [2.05, 4.69) is 20.1 Å². The molecular weight excluding hydrogens is 312 g/mol. The van der Waals surface area contributed by atoms with Gasteiger partial charge in [-0.25, -0.2) is 0 Å². The predicted molar refractivity (Wildman–Crippen MR) is 96.7 cm³/mol. The van der Waals surface area contributed by atoms with Crippen molar-refractivity contribution >= 4 is 5.91 Å². The van der Waals surface area contributed by atoms with Crippen molar-refractivity contribution in [3.05, 3.63) is 36.4 Å². The van der Waals surface area contributed by atoms with Crippen LogP contribution < -0.4 is 0 Å². The van der Waals surface area contributed by atoms with E-state index in [9.17, 15) is 4.79 Å². The number of amides is 1. The molecule has 2 aromatic rings. The molecule has 2 aliphatic rings. The minimum atomic E-state index is 0.127. The van der Waals surface area contributed by atoms with Gasteiger partial charge in [0.05, 0.1) is 17.9 Å². The molecule has 4 rings (SSSR count). The summed E-state index contributed by atoms with van der Waals surface area (Å²) < 4.78 is 0. The van der Waals surface area contributed by atoms with Gasteiger partial charge in [0.25, 0.3) is 0 Å². The molecule has 1 amide bonds. The van der Waals surface area contributed by atoms with E-state index in [1.165, 1.54) is 32.1 Å². The molecule has 3 heterocycles. The first-order valence-corrected chi connectivity index (χ1v) is 9.56. The summed E-state index contributed by atoms with van der Waals surface area (Å²) in [4.78, 5) is 19.1. The SMILES string of the molecule is O=C(CC1CCCCC1)N1CCCC1c1[nH]ncc1-c1ccncc1. The summed E-state index contributed by atoms with van der Waals surface area (Å²) in [6.07, 6.45) is 14.6. The maximum Gasteiger partial charge on any atom is 0.223 e. The van der Waals surface area contributed by atoms with Gasteiger partial charge in [0, 0.05) is 30.9 Å². The molecule has 0 bridgehead atoms. The minimum absolute atomic E-state index is 0.127. The number of nitrogens with one attached hydrogen (secondary N) is 1. The summed E-state index contributed by atoms with van der Waals surface area (Å²) >= 11 is 0. The average Bonchev–Trinajstić information content (AvgIpc) is 3.32. The van der Waals surface area contributed by atoms with Crippen molar-refractivity contribution in [2.75, 3.05) is 6.54 Å². The number of pyridine rings is 1. The Kier molecular flexibility index (Phi) is 4.81. The Bertz CT molecular complexity index is 705. The van der Waals surface area contributed by atoms with Crippen molar-refractivity contribution < 1.29 is 4.79 Å². The molecule has 132 valence electrons. The number of H-pyrrole nitrogens is 1. The zero-order valence-corrected chi connectivity index (χ0v) is 14.7. The number of nitrogens with zero attached hydrogens (tertiary/aromatic N) is 3. The number of carbonyl (C=O) groups excluding carboxylic acids is 1. The van der Waals surface area contributed by atoms with E-state index in [4.69, 9.17) is 0 Å². The molecule has 1 N–H and O–H groups in total. The van der Waals surface area contributed by atoms with Crippen LogP contribution in [0.25, 0.3) is 11.1 Å². The highest BCUT2D eigenvalue weighted by atomic mass is 16.2. The van der Waals surface area contributed by atoms with E-state index < -0.39 is 0 Å². The predicted octanol–water partition coefficient (Wildman–Crippen LogP) is 4.11. The minimum Gasteiger partial charge on any atom is -0.334 e. The summed E-state index contributed by atoms with van der Waals surface area (Å²) in [5.41, 5.74) is 3.26. The van der Waals surface area contributed by atoms with E-state index in [-0.39, 0.29) is 6.04 Å². The summed E-state index contributed by atoms with van der Waals surface area (Å²) in [5, 5.41) is 7.44. The Morgan fingerprint density at radius 1 is 1.12 bits per heavy atom. The van der Waals surface area contributed by atoms with Crippen molar-refractivity contribution in [3.8, 4) is 11.1 Å². The number of aromatic amines is 1. The lowest BCUT2D eigenvalue weighted by molar-refractivity contribution is -0.133. The Balaban J connectivity index is 1.52. The van der Waals surface area contributed by atoms with Crippen LogP contribution in [0.3, 0.4) is 0 Å². The van der Waals surface area contributed by atoms with Crippen molar-refractivity contribution in [3.63, 3.8) is 0 Å². The molecule has 25 heavy (non-hydrogen) atoms. The third-order valence-corrected chi connectivity index (χ3v) is 5.75. The first kappa shape index (κ1) is 16.3. The first-order chi connectivity index (χ1) is 12.3. The fraction of sp³-hybridized carbons (Fsp3) is 0.550. The van der Waals surface area contributed by atoms with Gasteiger partial charge in [-0.15, -0.1) is 0 Å². The van der Waals surface area contributed by atoms with Gasteiger partial charge in [-0.2, -0.15) is 5.10 Å². The highest BCUT2D eigenvalue weighted by Gasteiger charge is 2.33. The van der Waals surface area contributed by atoms with Gasteiger partial charge in [0.2, 0.25) is 5.91 Å². The summed E-state index contributed by atoms with van der Waals surface area (Å²) in [7, 11) is 0. The van der Waals surface area contributed by atoms with E-state index in [1.54, 1.807) is 12.4 Å². The second kappa shape index (κ2) is 7.38. The monoisotopic (exact) mass is 338 g/mol. The quantitative estimate of drug-likeness (QED) is 0.912. The van der Waals surface area contributed by atoms with Gasteiger partial charge >= 0.3 is 0 Å². The van der Waals surface area contributed by atoms with Gasteiger partial charge in [-0.3, -0.25) is 14.9 Å². The van der Waals surface area contributed by atoms with Crippen LogP contribution in [0.15, 0.2) is 30.7 Å². The van der Waals surface area contributed by atoms with Crippen LogP contribution in [0.4, 0.5) is 0 Å². The molecule has 1 aliphatic heterocycles. The molecule has 1 saturated carbocycles. The van der Waals surface area contributed by atoms with Crippen molar-refractivity contribution in [1.82, 2.24) is 20.1 Å². The number of aromatic nitrogens is 3. The topological polar surface area (TPSA) is 61.9 Å². The van der Waals surface area contributed by atoms with Crippen LogP contribution in [0.5, 0.6) is 0 Å². The van der Waals surface area contributed by atoms with Crippen molar-refractivity contribution in [2.24, 2.45) is 5.92 Å². The Hall–Kier alpha value is -2.17. The third kappa shape index (κ3) is 3.46. The second-order valence-electron chi connectivity index (χ2n) is 7.39. The highest BCUT2D eigenvalue weighted by molar-refractivity contribution is 5.78. The van der Waals surface area contributed by atoms with Crippen molar-refractivity contribution in [2.45, 2.75) is 57.4 Å². The normalized spacial score (nSPS) is 21.6. The maximum atomic E-state index is 12.9. The zero-order chi connectivity index (χ0) is 17.1. The largest absolute Gasteiger partial charge is 0.334 e. The van der Waals surface area contributed by atoms with E-state index in [0.717, 1.165) is 42.6 Å². The van der Waals surface area contributed by atoms with Crippen LogP contribution in [-0.2, 0) is 4.79 Å². The lowest BCUT2D eigenvalue weighted by Crippen LogP contribution is -2.32. The number of likely N-dealkylation sites (tertiary alicyclic amines) is 1. The van der Waals surface area contributed by atoms with Gasteiger partial charge in [-0.05, 0) is 49.3 Å². The van der Waals surface area contributed by atoms with Crippen LogP contribution in [-0.4, -0.2) is 32.5 Å². The highest BCUT2D eigenvalue weighted by Crippen LogP contribution is 2.37. The van der Waals surface area contributed by atoms with E-state index >= 15 is 0 Å². The van der Waals surface area contributed by atoms with Crippen LogP contribution in [0, 0.1) is 5.92 Å². The number of rotatable bonds is 4. The fourth-order valence-electron chi connectivity index (χ4n) is 4.43. The molecule has 2 aromatic heterocycles. The maximum absolute atomic E-state index is 12.9. The van der Waals surface area contributed by atoms with Crippen LogP contribution in [0.2, 0.25) is 0 Å². The number of hydrogen-bond donors (Lipinski definition) is 1. The number of carbonyl (C=O) groups is 1. The fourth-order valence-corrected chi connectivity index (χ4v) is 4.43. The first-order valence-electron chi connectivity index (χ1n) is 9.56. The molecule has 1 aliphatic carbocycles. The van der Waals surface area contributed by atoms with E-state index in [1.807, 2.05) is 18.3 Å². The molecule has 1 atom stereocenters. The van der Waals surface area contributed by atoms with Crippen molar-refractivity contribution in [1.29, 1.82) is 0 Å². The second-order valence-corrected chi connectivity index (χ2v) is 7.39. The molecule has 0 aromatic carbocycles. The molecule has 1 saturated heterocycles. The molecular formula is C20H26N4O. The Morgan fingerprint density at radius 2 is 1.92 bits per heavy atom. The standard InChI is InChI=1S/C20H26N4O/c25-19(13-15-5-2-1-3-6-15)24-12-4-7-18(24)20-17(14-22-23-20)16-8-10-21-11-9-16/h8-11,14-15,18H,1-7,12-13H2,(H,22,23). The van der Waals surface area contributed by atoms with Gasteiger partial charge in [0.15, 0.2) is 0 Å². The summed E-state index contributed by atoms with van der Waals surface area (Å²) in [6, 6.07) is 4.12. The lowest BCUT2D eigenvalue weighted by Gasteiger charge is -2.28. The van der Waals surface area contributed by atoms with Gasteiger partial charge < -0.3 is 4.90 Å². The number of hydrogen-bond acceptors (Lipinski definition) is 3. The third-order valence-electron chi connectivity index (χ3n) is 5.75. The zero-order valence-electron chi connectivity index (χ0n) is 14.7.